The highest BCUT2D eigenvalue weighted by atomic mass is 19.3. The van der Waals surface area contributed by atoms with Gasteiger partial charge in [0.05, 0.1) is 0 Å². The molecule has 112 valence electrons. The number of nitrogens with zero attached hydrogens (tertiary/aromatic N) is 1. The molecule has 0 radical (unpaired) electrons. The Bertz CT molecular complexity index is 412. The predicted octanol–water partition coefficient (Wildman–Crippen LogP) is 1.62. The number of hydrogen-bond donors (Lipinski definition) is 2. The molecule has 20 heavy (non-hydrogen) atoms. The van der Waals surface area contributed by atoms with E-state index < -0.39 is 6.61 Å². The number of ether oxygens (including phenoxy) is 1. The summed E-state index contributed by atoms with van der Waals surface area (Å²) in [6, 6.07) is 6.72. The van der Waals surface area contributed by atoms with E-state index in [1.54, 1.807) is 24.3 Å². The van der Waals surface area contributed by atoms with Crippen LogP contribution in [0.5, 0.6) is 5.75 Å². The number of piperazine rings is 1. The van der Waals surface area contributed by atoms with Crippen LogP contribution in [0.4, 0.5) is 8.78 Å². The Labute approximate surface area is 117 Å². The number of nitrogens with one attached hydrogen (secondary N) is 1. The maximum atomic E-state index is 12.5. The maximum absolute atomic E-state index is 12.5. The van der Waals surface area contributed by atoms with Gasteiger partial charge in [-0.15, -0.1) is 0 Å². The van der Waals surface area contributed by atoms with Crippen molar-refractivity contribution in [3.63, 3.8) is 0 Å². The molecule has 2 N–H and O–H groups in total. The Balaban J connectivity index is 2.23. The van der Waals surface area contributed by atoms with Crippen molar-refractivity contribution in [1.82, 2.24) is 10.2 Å². The molecule has 0 bridgehead atoms. The maximum Gasteiger partial charge on any atom is 0.387 e. The Kier molecular flexibility index (Phi) is 5.70. The lowest BCUT2D eigenvalue weighted by Gasteiger charge is -2.35. The standard InChI is InChI=1S/C14H20F2N2O2/c15-14(16)20-13-4-2-1-3-11(13)12(5-10-19)18-8-6-17-7-9-18/h1-4,12,14,17,19H,5-10H2/t12-/m1/s1. The molecule has 4 nitrogen and oxygen atoms in total. The minimum atomic E-state index is -2.84. The van der Waals surface area contributed by atoms with Crippen LogP contribution in [-0.2, 0) is 0 Å². The van der Waals surface area contributed by atoms with E-state index in [4.69, 9.17) is 0 Å². The number of alkyl halides is 2. The van der Waals surface area contributed by atoms with Gasteiger partial charge in [-0.2, -0.15) is 8.78 Å². The van der Waals surface area contributed by atoms with Crippen molar-refractivity contribution in [2.24, 2.45) is 0 Å². The molecule has 0 saturated carbocycles. The second kappa shape index (κ2) is 7.52. The highest BCUT2D eigenvalue weighted by Crippen LogP contribution is 2.32. The highest BCUT2D eigenvalue weighted by molar-refractivity contribution is 5.36. The summed E-state index contributed by atoms with van der Waals surface area (Å²) >= 11 is 0. The van der Waals surface area contributed by atoms with E-state index in [0.717, 1.165) is 26.2 Å². The van der Waals surface area contributed by atoms with Crippen LogP contribution in [0, 0.1) is 0 Å². The first-order valence-electron chi connectivity index (χ1n) is 6.81. The lowest BCUT2D eigenvalue weighted by atomic mass is 10.0. The van der Waals surface area contributed by atoms with Crippen LogP contribution in [0.1, 0.15) is 18.0 Å². The first kappa shape index (κ1) is 15.2. The zero-order valence-corrected chi connectivity index (χ0v) is 11.3. The summed E-state index contributed by atoms with van der Waals surface area (Å²) in [5.74, 6) is 0.194. The summed E-state index contributed by atoms with van der Waals surface area (Å²) in [4.78, 5) is 2.19. The molecular formula is C14H20F2N2O2. The first-order valence-corrected chi connectivity index (χ1v) is 6.81. The summed E-state index contributed by atoms with van der Waals surface area (Å²) < 4.78 is 29.6. The van der Waals surface area contributed by atoms with Crippen LogP contribution in [0.15, 0.2) is 24.3 Å². The number of benzene rings is 1. The van der Waals surface area contributed by atoms with Gasteiger partial charge in [-0.1, -0.05) is 18.2 Å². The van der Waals surface area contributed by atoms with Gasteiger partial charge in [0.1, 0.15) is 5.75 Å². The molecule has 1 aromatic rings. The Morgan fingerprint density at radius 1 is 1.25 bits per heavy atom. The SMILES string of the molecule is OCC[C@H](c1ccccc1OC(F)F)N1CCNCC1. The van der Waals surface area contributed by atoms with Crippen molar-refractivity contribution in [2.75, 3.05) is 32.8 Å². The molecule has 1 saturated heterocycles. The summed E-state index contributed by atoms with van der Waals surface area (Å²) in [7, 11) is 0. The fraction of sp³-hybridized carbons (Fsp3) is 0.571. The van der Waals surface area contributed by atoms with Crippen LogP contribution in [0.25, 0.3) is 0 Å². The van der Waals surface area contributed by atoms with E-state index in [1.807, 2.05) is 0 Å². The third-order valence-corrected chi connectivity index (χ3v) is 3.49. The molecule has 1 heterocycles. The summed E-state index contributed by atoms with van der Waals surface area (Å²) in [5, 5.41) is 12.5. The molecule has 1 aromatic carbocycles. The highest BCUT2D eigenvalue weighted by Gasteiger charge is 2.25. The third-order valence-electron chi connectivity index (χ3n) is 3.49. The van der Waals surface area contributed by atoms with Gasteiger partial charge in [0.25, 0.3) is 0 Å². The van der Waals surface area contributed by atoms with Gasteiger partial charge in [0, 0.05) is 44.4 Å². The minimum absolute atomic E-state index is 0.0115. The minimum Gasteiger partial charge on any atom is -0.434 e. The molecule has 1 aliphatic heterocycles. The van der Waals surface area contributed by atoms with Crippen LogP contribution >= 0.6 is 0 Å². The number of aliphatic hydroxyl groups is 1. The molecule has 2 rings (SSSR count). The van der Waals surface area contributed by atoms with Gasteiger partial charge < -0.3 is 15.2 Å². The molecule has 1 atom stereocenters. The first-order chi connectivity index (χ1) is 9.72. The van der Waals surface area contributed by atoms with Crippen molar-refractivity contribution in [3.8, 4) is 5.75 Å². The molecule has 1 fully saturated rings. The number of aliphatic hydroxyl groups excluding tert-OH is 1. The van der Waals surface area contributed by atoms with Crippen LogP contribution < -0.4 is 10.1 Å². The monoisotopic (exact) mass is 286 g/mol. The molecule has 1 aliphatic rings. The zero-order chi connectivity index (χ0) is 14.4. The van der Waals surface area contributed by atoms with E-state index in [1.165, 1.54) is 0 Å². The van der Waals surface area contributed by atoms with Crippen LogP contribution in [0.3, 0.4) is 0 Å². The number of halogens is 2. The van der Waals surface area contributed by atoms with Gasteiger partial charge >= 0.3 is 6.61 Å². The van der Waals surface area contributed by atoms with Crippen molar-refractivity contribution < 1.29 is 18.6 Å². The largest absolute Gasteiger partial charge is 0.434 e. The van der Waals surface area contributed by atoms with Crippen LogP contribution in [-0.4, -0.2) is 49.4 Å². The summed E-state index contributed by atoms with van der Waals surface area (Å²) in [5.41, 5.74) is 0.712. The Morgan fingerprint density at radius 2 is 1.95 bits per heavy atom. The second-order valence-electron chi connectivity index (χ2n) is 4.73. The fourth-order valence-electron chi connectivity index (χ4n) is 2.61. The van der Waals surface area contributed by atoms with Gasteiger partial charge in [-0.3, -0.25) is 4.90 Å². The van der Waals surface area contributed by atoms with Gasteiger partial charge in [0.15, 0.2) is 0 Å². The average molecular weight is 286 g/mol. The molecule has 0 spiro atoms. The molecule has 0 aliphatic carbocycles. The molecule has 0 unspecified atom stereocenters. The summed E-state index contributed by atoms with van der Waals surface area (Å²) in [6.07, 6.45) is 0.504. The molecular weight excluding hydrogens is 266 g/mol. The van der Waals surface area contributed by atoms with E-state index in [-0.39, 0.29) is 18.4 Å². The molecule has 6 heteroatoms. The number of rotatable bonds is 6. The summed E-state index contributed by atoms with van der Waals surface area (Å²) in [6.45, 7) is 0.549. The third kappa shape index (κ3) is 3.88. The lowest BCUT2D eigenvalue weighted by molar-refractivity contribution is -0.0513. The smallest absolute Gasteiger partial charge is 0.387 e. The van der Waals surface area contributed by atoms with Crippen molar-refractivity contribution >= 4 is 0 Å². The van der Waals surface area contributed by atoms with Gasteiger partial charge in [-0.05, 0) is 12.5 Å². The Morgan fingerprint density at radius 3 is 2.60 bits per heavy atom. The van der Waals surface area contributed by atoms with E-state index in [2.05, 4.69) is 15.0 Å². The second-order valence-corrected chi connectivity index (χ2v) is 4.73. The van der Waals surface area contributed by atoms with Crippen molar-refractivity contribution in [1.29, 1.82) is 0 Å². The average Bonchev–Trinajstić information content (AvgIpc) is 2.46. The molecule has 0 amide bonds. The van der Waals surface area contributed by atoms with E-state index in [0.29, 0.717) is 12.0 Å². The number of hydrogen-bond acceptors (Lipinski definition) is 4. The quantitative estimate of drug-likeness (QED) is 0.834. The van der Waals surface area contributed by atoms with Crippen LogP contribution in [0.2, 0.25) is 0 Å². The zero-order valence-electron chi connectivity index (χ0n) is 11.3. The normalized spacial score (nSPS) is 18.2. The molecule has 0 aromatic heterocycles. The van der Waals surface area contributed by atoms with E-state index >= 15 is 0 Å². The van der Waals surface area contributed by atoms with Crippen molar-refractivity contribution in [2.45, 2.75) is 19.1 Å². The van der Waals surface area contributed by atoms with Crippen molar-refractivity contribution in [3.05, 3.63) is 29.8 Å². The number of para-hydroxylation sites is 1. The Hall–Kier alpha value is -1.24. The fourth-order valence-corrected chi connectivity index (χ4v) is 2.61. The predicted molar refractivity (Wildman–Crippen MR) is 72.0 cm³/mol. The van der Waals surface area contributed by atoms with Gasteiger partial charge in [0.2, 0.25) is 0 Å². The van der Waals surface area contributed by atoms with E-state index in [9.17, 15) is 13.9 Å². The van der Waals surface area contributed by atoms with Gasteiger partial charge in [-0.25, -0.2) is 0 Å². The topological polar surface area (TPSA) is 44.7 Å². The lowest BCUT2D eigenvalue weighted by Crippen LogP contribution is -2.45.